The summed E-state index contributed by atoms with van der Waals surface area (Å²) in [7, 11) is 1.48. The van der Waals surface area contributed by atoms with Crippen LogP contribution < -0.4 is 10.5 Å². The average Bonchev–Trinajstić information content (AvgIpc) is 3.48. The van der Waals surface area contributed by atoms with Crippen molar-refractivity contribution in [1.29, 1.82) is 0 Å². The van der Waals surface area contributed by atoms with Crippen molar-refractivity contribution in [3.05, 3.63) is 60.2 Å². The number of ether oxygens (including phenoxy) is 2. The lowest BCUT2D eigenvalue weighted by Crippen LogP contribution is -2.20. The number of benzene rings is 3. The number of methoxy groups -OCH3 is 1. The molecule has 0 aliphatic heterocycles. The first-order valence-corrected chi connectivity index (χ1v) is 9.66. The molecule has 30 heavy (non-hydrogen) atoms. The smallest absolute Gasteiger partial charge is 0.342 e. The molecular formula is C23H19N3O4. The fraction of sp³-hybridized carbons (Fsp3) is 0.174. The van der Waals surface area contributed by atoms with Crippen LogP contribution in [0.25, 0.3) is 32.9 Å². The molecule has 1 aromatic heterocycles. The van der Waals surface area contributed by atoms with Crippen molar-refractivity contribution < 1.29 is 19.1 Å². The van der Waals surface area contributed by atoms with Gasteiger partial charge in [0.1, 0.15) is 23.1 Å². The van der Waals surface area contributed by atoms with Crippen LogP contribution in [0.1, 0.15) is 23.2 Å². The summed E-state index contributed by atoms with van der Waals surface area (Å²) in [6.07, 6.45) is 1.71. The van der Waals surface area contributed by atoms with Gasteiger partial charge in [-0.15, -0.1) is 0 Å². The Kier molecular flexibility index (Phi) is 4.17. The number of esters is 1. The van der Waals surface area contributed by atoms with Crippen LogP contribution in [0, 0.1) is 0 Å². The zero-order valence-electron chi connectivity index (χ0n) is 16.3. The zero-order chi connectivity index (χ0) is 20.8. The van der Waals surface area contributed by atoms with E-state index in [9.17, 15) is 9.59 Å². The van der Waals surface area contributed by atoms with E-state index in [1.165, 1.54) is 7.11 Å². The van der Waals surface area contributed by atoms with E-state index in [1.807, 2.05) is 42.5 Å². The maximum atomic E-state index is 12.7. The Hall–Kier alpha value is -3.87. The molecule has 1 fully saturated rings. The number of carbonyl (C=O) groups is 2. The summed E-state index contributed by atoms with van der Waals surface area (Å²) in [5.74, 6) is -0.138. The minimum Gasteiger partial charge on any atom is -0.495 e. The lowest BCUT2D eigenvalue weighted by Gasteiger charge is -2.11. The molecule has 4 aromatic rings. The Morgan fingerprint density at radius 1 is 1.07 bits per heavy atom. The number of rotatable bonds is 4. The standard InChI is InChI=1S/C23H19N3O4/c1-29-21-17(22(27)30-16-8-9-16)10-11-18-19(21)20(25-26(18)23(24)28)15-7-6-13-4-2-3-5-14(13)12-15/h2-7,10-12,16H,8-9H2,1H3,(H2,24,28). The molecule has 5 rings (SSSR count). The van der Waals surface area contributed by atoms with Gasteiger partial charge in [0.15, 0.2) is 0 Å². The lowest BCUT2D eigenvalue weighted by molar-refractivity contribution is 0.0469. The second-order valence-corrected chi connectivity index (χ2v) is 7.31. The van der Waals surface area contributed by atoms with Crippen molar-refractivity contribution in [1.82, 2.24) is 9.78 Å². The van der Waals surface area contributed by atoms with Crippen LogP contribution in [0.4, 0.5) is 4.79 Å². The molecule has 0 radical (unpaired) electrons. The van der Waals surface area contributed by atoms with Gasteiger partial charge in [0.2, 0.25) is 0 Å². The number of aromatic nitrogens is 2. The van der Waals surface area contributed by atoms with Gasteiger partial charge >= 0.3 is 12.0 Å². The third-order valence-corrected chi connectivity index (χ3v) is 5.25. The van der Waals surface area contributed by atoms with E-state index < -0.39 is 12.0 Å². The van der Waals surface area contributed by atoms with Crippen molar-refractivity contribution in [2.75, 3.05) is 7.11 Å². The van der Waals surface area contributed by atoms with Gasteiger partial charge in [-0.1, -0.05) is 36.4 Å². The zero-order valence-corrected chi connectivity index (χ0v) is 16.3. The van der Waals surface area contributed by atoms with E-state index in [0.717, 1.165) is 33.9 Å². The minimum atomic E-state index is -0.720. The number of nitrogens with two attached hydrogens (primary N) is 1. The first kappa shape index (κ1) is 18.2. The summed E-state index contributed by atoms with van der Waals surface area (Å²) in [5.41, 5.74) is 7.60. The Bertz CT molecular complexity index is 1320. The SMILES string of the molecule is COc1c(C(=O)OC2CC2)ccc2c1c(-c1ccc3ccccc3c1)nn2C(N)=O. The molecular weight excluding hydrogens is 382 g/mol. The average molecular weight is 401 g/mol. The molecule has 1 amide bonds. The number of carbonyl (C=O) groups excluding carboxylic acids is 2. The summed E-state index contributed by atoms with van der Waals surface area (Å²) in [6.45, 7) is 0. The van der Waals surface area contributed by atoms with Crippen LogP contribution >= 0.6 is 0 Å². The predicted molar refractivity (Wildman–Crippen MR) is 113 cm³/mol. The monoisotopic (exact) mass is 401 g/mol. The molecule has 1 saturated carbocycles. The van der Waals surface area contributed by atoms with Crippen LogP contribution in [0.5, 0.6) is 5.75 Å². The molecule has 1 aliphatic carbocycles. The summed E-state index contributed by atoms with van der Waals surface area (Å²) in [6, 6.07) is 16.3. The number of fused-ring (bicyclic) bond motifs is 2. The molecule has 150 valence electrons. The van der Waals surface area contributed by atoms with Crippen LogP contribution in [-0.4, -0.2) is 35.0 Å². The molecule has 0 bridgehead atoms. The Morgan fingerprint density at radius 2 is 1.83 bits per heavy atom. The van der Waals surface area contributed by atoms with E-state index in [0.29, 0.717) is 27.9 Å². The van der Waals surface area contributed by atoms with Crippen LogP contribution in [-0.2, 0) is 4.74 Å². The maximum Gasteiger partial charge on any atom is 0.342 e. The van der Waals surface area contributed by atoms with E-state index in [2.05, 4.69) is 5.10 Å². The summed E-state index contributed by atoms with van der Waals surface area (Å²) in [4.78, 5) is 24.7. The van der Waals surface area contributed by atoms with Gasteiger partial charge < -0.3 is 15.2 Å². The van der Waals surface area contributed by atoms with Gasteiger partial charge in [-0.25, -0.2) is 9.59 Å². The van der Waals surface area contributed by atoms with E-state index in [4.69, 9.17) is 15.2 Å². The fourth-order valence-electron chi connectivity index (χ4n) is 3.66. The van der Waals surface area contributed by atoms with Gasteiger partial charge in [-0.05, 0) is 41.8 Å². The number of hydrogen-bond donors (Lipinski definition) is 1. The largest absolute Gasteiger partial charge is 0.495 e. The molecule has 7 nitrogen and oxygen atoms in total. The third-order valence-electron chi connectivity index (χ3n) is 5.25. The first-order chi connectivity index (χ1) is 14.6. The highest BCUT2D eigenvalue weighted by molar-refractivity contribution is 6.08. The number of hydrogen-bond acceptors (Lipinski definition) is 5. The van der Waals surface area contributed by atoms with Gasteiger partial charge in [-0.3, -0.25) is 0 Å². The Balaban J connectivity index is 1.76. The Morgan fingerprint density at radius 3 is 2.53 bits per heavy atom. The van der Waals surface area contributed by atoms with Crippen molar-refractivity contribution in [2.24, 2.45) is 5.73 Å². The van der Waals surface area contributed by atoms with Crippen LogP contribution in [0.15, 0.2) is 54.6 Å². The van der Waals surface area contributed by atoms with Crippen molar-refractivity contribution >= 4 is 33.7 Å². The van der Waals surface area contributed by atoms with Crippen molar-refractivity contribution in [3.63, 3.8) is 0 Å². The number of nitrogens with zero attached hydrogens (tertiary/aromatic N) is 2. The van der Waals surface area contributed by atoms with E-state index in [-0.39, 0.29) is 6.10 Å². The van der Waals surface area contributed by atoms with Gasteiger partial charge in [-0.2, -0.15) is 9.78 Å². The normalized spacial score (nSPS) is 13.5. The maximum absolute atomic E-state index is 12.7. The van der Waals surface area contributed by atoms with Gasteiger partial charge in [0.25, 0.3) is 0 Å². The summed E-state index contributed by atoms with van der Waals surface area (Å²) < 4.78 is 12.2. The van der Waals surface area contributed by atoms with Crippen LogP contribution in [0.3, 0.4) is 0 Å². The topological polar surface area (TPSA) is 96.4 Å². The van der Waals surface area contributed by atoms with Crippen molar-refractivity contribution in [3.8, 4) is 17.0 Å². The highest BCUT2D eigenvalue weighted by Crippen LogP contribution is 2.39. The minimum absolute atomic E-state index is 0.0359. The molecule has 0 saturated heterocycles. The summed E-state index contributed by atoms with van der Waals surface area (Å²) >= 11 is 0. The second kappa shape index (κ2) is 6.88. The molecule has 7 heteroatoms. The molecule has 0 atom stereocenters. The highest BCUT2D eigenvalue weighted by Gasteiger charge is 2.30. The quantitative estimate of drug-likeness (QED) is 0.519. The predicted octanol–water partition coefficient (Wildman–Crippen LogP) is 4.11. The van der Waals surface area contributed by atoms with Gasteiger partial charge in [0, 0.05) is 5.56 Å². The lowest BCUT2D eigenvalue weighted by atomic mass is 10.0. The third kappa shape index (κ3) is 2.95. The van der Waals surface area contributed by atoms with Crippen LogP contribution in [0.2, 0.25) is 0 Å². The van der Waals surface area contributed by atoms with Crippen molar-refractivity contribution in [2.45, 2.75) is 18.9 Å². The van der Waals surface area contributed by atoms with E-state index in [1.54, 1.807) is 12.1 Å². The number of amides is 1. The molecule has 2 N–H and O–H groups in total. The molecule has 3 aromatic carbocycles. The highest BCUT2D eigenvalue weighted by atomic mass is 16.6. The van der Waals surface area contributed by atoms with Gasteiger partial charge in [0.05, 0.1) is 18.0 Å². The molecule has 0 unspecified atom stereocenters. The first-order valence-electron chi connectivity index (χ1n) is 9.66. The van der Waals surface area contributed by atoms with E-state index >= 15 is 0 Å². The Labute approximate surface area is 172 Å². The summed E-state index contributed by atoms with van der Waals surface area (Å²) in [5, 5.41) is 7.11. The number of primary amides is 1. The molecule has 1 heterocycles. The molecule has 0 spiro atoms. The molecule has 1 aliphatic rings. The second-order valence-electron chi connectivity index (χ2n) is 7.31. The fourth-order valence-corrected chi connectivity index (χ4v) is 3.66.